The highest BCUT2D eigenvalue weighted by Crippen LogP contribution is 2.06. The van der Waals surface area contributed by atoms with Crippen LogP contribution in [-0.2, 0) is 4.79 Å². The highest BCUT2D eigenvalue weighted by molar-refractivity contribution is 6.05. The van der Waals surface area contributed by atoms with Gasteiger partial charge >= 0.3 is 0 Å². The van der Waals surface area contributed by atoms with Gasteiger partial charge in [-0.05, 0) is 37.6 Å². The van der Waals surface area contributed by atoms with E-state index in [2.05, 4.69) is 20.8 Å². The van der Waals surface area contributed by atoms with Crippen LogP contribution in [0.1, 0.15) is 29.3 Å². The predicted molar refractivity (Wildman–Crippen MR) is 89.2 cm³/mol. The first kappa shape index (κ1) is 16.4. The van der Waals surface area contributed by atoms with Crippen molar-refractivity contribution in [3.63, 3.8) is 0 Å². The summed E-state index contributed by atoms with van der Waals surface area (Å²) in [6.07, 6.45) is 1.67. The summed E-state index contributed by atoms with van der Waals surface area (Å²) in [5.74, 6) is -0.0584. The maximum atomic E-state index is 12.0. The molecule has 0 saturated heterocycles. The molecule has 0 bridgehead atoms. The smallest absolute Gasteiger partial charge is 0.271 e. The molecule has 23 heavy (non-hydrogen) atoms. The van der Waals surface area contributed by atoms with E-state index in [1.165, 1.54) is 0 Å². The number of carbonyl (C=O) groups excluding carboxylic acids is 2. The average molecular weight is 310 g/mol. The lowest BCUT2D eigenvalue weighted by atomic mass is 10.1. The van der Waals surface area contributed by atoms with Gasteiger partial charge < -0.3 is 5.32 Å². The molecule has 0 aliphatic rings. The van der Waals surface area contributed by atoms with E-state index in [0.29, 0.717) is 17.1 Å². The maximum absolute atomic E-state index is 12.0. The van der Waals surface area contributed by atoms with Crippen molar-refractivity contribution < 1.29 is 9.59 Å². The molecule has 1 heterocycles. The summed E-state index contributed by atoms with van der Waals surface area (Å²) in [4.78, 5) is 27.9. The number of rotatable bonds is 5. The van der Waals surface area contributed by atoms with Gasteiger partial charge in [-0.3, -0.25) is 9.59 Å². The second-order valence-corrected chi connectivity index (χ2v) is 5.04. The molecule has 0 atom stereocenters. The van der Waals surface area contributed by atoms with Gasteiger partial charge in [0, 0.05) is 17.5 Å². The van der Waals surface area contributed by atoms with Gasteiger partial charge in [-0.1, -0.05) is 24.3 Å². The summed E-state index contributed by atoms with van der Waals surface area (Å²) in [6.45, 7) is 3.53. The van der Waals surface area contributed by atoms with E-state index >= 15 is 0 Å². The zero-order chi connectivity index (χ0) is 16.7. The van der Waals surface area contributed by atoms with Gasteiger partial charge in [0.1, 0.15) is 5.82 Å². The largest absolute Gasteiger partial charge is 0.310 e. The van der Waals surface area contributed by atoms with E-state index in [9.17, 15) is 9.59 Å². The number of nitrogens with zero attached hydrogens (tertiary/aromatic N) is 2. The van der Waals surface area contributed by atoms with Gasteiger partial charge in [0.2, 0.25) is 5.91 Å². The Balaban J connectivity index is 1.89. The highest BCUT2D eigenvalue weighted by atomic mass is 16.2. The second kappa shape index (κ2) is 7.84. The topological polar surface area (TPSA) is 83.4 Å². The van der Waals surface area contributed by atoms with Crippen molar-refractivity contribution in [2.75, 3.05) is 5.32 Å². The second-order valence-electron chi connectivity index (χ2n) is 5.04. The number of hydrogen-bond acceptors (Lipinski definition) is 4. The number of hydrazone groups is 1. The molecule has 0 saturated carbocycles. The molecule has 6 heteroatoms. The Labute approximate surface area is 134 Å². The van der Waals surface area contributed by atoms with Gasteiger partial charge in [0.05, 0.1) is 6.42 Å². The Kier molecular flexibility index (Phi) is 5.57. The molecule has 0 aliphatic heterocycles. The molecule has 2 aromatic rings. The normalized spacial score (nSPS) is 11.0. The molecule has 0 spiro atoms. The van der Waals surface area contributed by atoms with E-state index < -0.39 is 0 Å². The Bertz CT molecular complexity index is 726. The molecule has 1 aromatic carbocycles. The minimum absolute atomic E-state index is 0.0740. The van der Waals surface area contributed by atoms with Crippen LogP contribution in [0.15, 0.2) is 53.8 Å². The van der Waals surface area contributed by atoms with E-state index in [1.54, 1.807) is 43.5 Å². The predicted octanol–water partition coefficient (Wildman–Crippen LogP) is 2.52. The Hall–Kier alpha value is -3.02. The number of aromatic nitrogens is 1. The molecule has 6 nitrogen and oxygen atoms in total. The van der Waals surface area contributed by atoms with Crippen LogP contribution in [0.2, 0.25) is 0 Å². The Morgan fingerprint density at radius 1 is 1.13 bits per heavy atom. The van der Waals surface area contributed by atoms with Crippen LogP contribution in [0, 0.1) is 6.92 Å². The number of amides is 2. The molecule has 118 valence electrons. The van der Waals surface area contributed by atoms with Gasteiger partial charge in [-0.15, -0.1) is 0 Å². The van der Waals surface area contributed by atoms with Crippen LogP contribution in [0.5, 0.6) is 0 Å². The van der Waals surface area contributed by atoms with Crippen molar-refractivity contribution in [1.29, 1.82) is 0 Å². The average Bonchev–Trinajstić information content (AvgIpc) is 2.54. The zero-order valence-corrected chi connectivity index (χ0v) is 13.0. The van der Waals surface area contributed by atoms with Crippen LogP contribution in [0.3, 0.4) is 0 Å². The number of pyridine rings is 1. The lowest BCUT2D eigenvalue weighted by molar-refractivity contribution is -0.115. The minimum Gasteiger partial charge on any atom is -0.310 e. The van der Waals surface area contributed by atoms with E-state index in [1.807, 2.05) is 19.1 Å². The lowest BCUT2D eigenvalue weighted by Gasteiger charge is -2.06. The van der Waals surface area contributed by atoms with Crippen molar-refractivity contribution in [3.8, 4) is 0 Å². The third kappa shape index (κ3) is 5.03. The van der Waals surface area contributed by atoms with E-state index in [0.717, 1.165) is 5.56 Å². The van der Waals surface area contributed by atoms with Crippen LogP contribution >= 0.6 is 0 Å². The van der Waals surface area contributed by atoms with Gasteiger partial charge in [0.15, 0.2) is 0 Å². The first-order valence-corrected chi connectivity index (χ1v) is 7.16. The van der Waals surface area contributed by atoms with Crippen molar-refractivity contribution >= 4 is 23.3 Å². The Morgan fingerprint density at radius 2 is 1.87 bits per heavy atom. The van der Waals surface area contributed by atoms with E-state index in [4.69, 9.17) is 0 Å². The Morgan fingerprint density at radius 3 is 2.57 bits per heavy atom. The maximum Gasteiger partial charge on any atom is 0.271 e. The number of hydrogen-bond donors (Lipinski definition) is 2. The SMILES string of the molecule is CC(CC(=O)Nc1ccccn1)=NNC(=O)c1ccccc1C. The molecule has 1 aromatic heterocycles. The molecule has 2 amide bonds. The number of anilines is 1. The molecule has 0 radical (unpaired) electrons. The van der Waals surface area contributed by atoms with Crippen molar-refractivity contribution in [2.24, 2.45) is 5.10 Å². The summed E-state index contributed by atoms with van der Waals surface area (Å²) in [6, 6.07) is 12.5. The minimum atomic E-state index is -0.299. The fourth-order valence-electron chi connectivity index (χ4n) is 1.93. The van der Waals surface area contributed by atoms with Crippen LogP contribution < -0.4 is 10.7 Å². The molecular formula is C17H18N4O2. The third-order valence-electron chi connectivity index (χ3n) is 3.09. The number of aryl methyl sites for hydroxylation is 1. The first-order chi connectivity index (χ1) is 11.1. The molecule has 2 rings (SSSR count). The summed E-state index contributed by atoms with van der Waals surface area (Å²) >= 11 is 0. The number of nitrogens with one attached hydrogen (secondary N) is 2. The lowest BCUT2D eigenvalue weighted by Crippen LogP contribution is -2.22. The van der Waals surface area contributed by atoms with Crippen LogP contribution in [-0.4, -0.2) is 22.5 Å². The molecule has 0 unspecified atom stereocenters. The summed E-state index contributed by atoms with van der Waals surface area (Å²) in [7, 11) is 0. The van der Waals surface area contributed by atoms with Crippen LogP contribution in [0.25, 0.3) is 0 Å². The number of carbonyl (C=O) groups is 2. The monoisotopic (exact) mass is 310 g/mol. The fraction of sp³-hybridized carbons (Fsp3) is 0.176. The van der Waals surface area contributed by atoms with Crippen LogP contribution in [0.4, 0.5) is 5.82 Å². The summed E-state index contributed by atoms with van der Waals surface area (Å²) < 4.78 is 0. The number of benzene rings is 1. The standard InChI is InChI=1S/C17H18N4O2/c1-12-7-3-4-8-14(12)17(23)21-20-13(2)11-16(22)19-15-9-5-6-10-18-15/h3-10H,11H2,1-2H3,(H,21,23)(H,18,19,22). The molecule has 2 N–H and O–H groups in total. The van der Waals surface area contributed by atoms with Gasteiger partial charge in [-0.2, -0.15) is 5.10 Å². The molecule has 0 fully saturated rings. The van der Waals surface area contributed by atoms with Crippen molar-refractivity contribution in [1.82, 2.24) is 10.4 Å². The third-order valence-corrected chi connectivity index (χ3v) is 3.09. The highest BCUT2D eigenvalue weighted by Gasteiger charge is 2.08. The summed E-state index contributed by atoms with van der Waals surface area (Å²) in [5.41, 5.74) is 4.39. The zero-order valence-electron chi connectivity index (χ0n) is 13.0. The molecular weight excluding hydrogens is 292 g/mol. The summed E-state index contributed by atoms with van der Waals surface area (Å²) in [5, 5.41) is 6.62. The fourth-order valence-corrected chi connectivity index (χ4v) is 1.93. The van der Waals surface area contributed by atoms with Gasteiger partial charge in [-0.25, -0.2) is 10.4 Å². The first-order valence-electron chi connectivity index (χ1n) is 7.16. The van der Waals surface area contributed by atoms with Crippen molar-refractivity contribution in [2.45, 2.75) is 20.3 Å². The van der Waals surface area contributed by atoms with E-state index in [-0.39, 0.29) is 18.2 Å². The van der Waals surface area contributed by atoms with Gasteiger partial charge in [0.25, 0.3) is 5.91 Å². The van der Waals surface area contributed by atoms with Crippen molar-refractivity contribution in [3.05, 3.63) is 59.8 Å². The molecule has 0 aliphatic carbocycles. The quantitative estimate of drug-likeness (QED) is 0.657.